The molecule has 0 aromatic heterocycles. The van der Waals surface area contributed by atoms with Gasteiger partial charge in [-0.25, -0.2) is 4.39 Å². The van der Waals surface area contributed by atoms with E-state index >= 15 is 0 Å². The van der Waals surface area contributed by atoms with Crippen LogP contribution in [-0.2, 0) is 6.61 Å². The molecule has 0 amide bonds. The molecule has 0 radical (unpaired) electrons. The molecule has 0 atom stereocenters. The molecule has 0 spiro atoms. The van der Waals surface area contributed by atoms with Crippen molar-refractivity contribution in [1.29, 1.82) is 0 Å². The molecule has 2 rings (SSSR count). The molecule has 2 nitrogen and oxygen atoms in total. The van der Waals surface area contributed by atoms with Gasteiger partial charge in [0, 0.05) is 16.1 Å². The van der Waals surface area contributed by atoms with Crippen molar-refractivity contribution in [3.63, 3.8) is 0 Å². The standard InChI is InChI=1S/C16H15ClFNOS/c1-9-5-13(17)6-10(2)15(9)20-8-12-4-3-11(16(19)21)7-14(12)18/h3-7H,8H2,1-2H3,(H2,19,21). The minimum absolute atomic E-state index is 0.132. The Hall–Kier alpha value is -1.65. The first kappa shape index (κ1) is 15.7. The third-order valence-corrected chi connectivity index (χ3v) is 3.59. The minimum Gasteiger partial charge on any atom is -0.488 e. The van der Waals surface area contributed by atoms with E-state index in [1.165, 1.54) is 6.07 Å². The second-order valence-electron chi connectivity index (χ2n) is 4.83. The van der Waals surface area contributed by atoms with Gasteiger partial charge in [0.2, 0.25) is 0 Å². The van der Waals surface area contributed by atoms with Crippen LogP contribution < -0.4 is 10.5 Å². The summed E-state index contributed by atoms with van der Waals surface area (Å²) in [6, 6.07) is 8.27. The topological polar surface area (TPSA) is 35.2 Å². The maximum absolute atomic E-state index is 14.0. The number of hydrogen-bond donors (Lipinski definition) is 1. The van der Waals surface area contributed by atoms with Crippen LogP contribution in [0.2, 0.25) is 5.02 Å². The summed E-state index contributed by atoms with van der Waals surface area (Å²) >= 11 is 10.8. The van der Waals surface area contributed by atoms with E-state index in [0.29, 0.717) is 16.1 Å². The second-order valence-corrected chi connectivity index (χ2v) is 5.70. The lowest BCUT2D eigenvalue weighted by Gasteiger charge is -2.13. The van der Waals surface area contributed by atoms with Gasteiger partial charge in [0.05, 0.1) is 0 Å². The smallest absolute Gasteiger partial charge is 0.130 e. The van der Waals surface area contributed by atoms with Crippen LogP contribution in [0.1, 0.15) is 22.3 Å². The predicted molar refractivity (Wildman–Crippen MR) is 87.5 cm³/mol. The lowest BCUT2D eigenvalue weighted by Crippen LogP contribution is -2.10. The molecule has 0 heterocycles. The van der Waals surface area contributed by atoms with Gasteiger partial charge in [-0.15, -0.1) is 0 Å². The Kier molecular flexibility index (Phi) is 4.80. The molecule has 0 aliphatic heterocycles. The highest BCUT2D eigenvalue weighted by molar-refractivity contribution is 7.80. The molecule has 0 aliphatic rings. The highest BCUT2D eigenvalue weighted by Gasteiger charge is 2.09. The number of halogens is 2. The molecular weight excluding hydrogens is 309 g/mol. The van der Waals surface area contributed by atoms with E-state index in [-0.39, 0.29) is 17.4 Å². The van der Waals surface area contributed by atoms with Crippen molar-refractivity contribution in [3.8, 4) is 5.75 Å². The van der Waals surface area contributed by atoms with Crippen molar-refractivity contribution in [2.75, 3.05) is 0 Å². The molecular formula is C16H15ClFNOS. The van der Waals surface area contributed by atoms with Crippen molar-refractivity contribution in [2.45, 2.75) is 20.5 Å². The van der Waals surface area contributed by atoms with Gasteiger partial charge in [-0.05, 0) is 43.2 Å². The number of hydrogen-bond acceptors (Lipinski definition) is 2. The summed E-state index contributed by atoms with van der Waals surface area (Å²) in [5.41, 5.74) is 8.26. The van der Waals surface area contributed by atoms with Crippen LogP contribution in [0.15, 0.2) is 30.3 Å². The van der Waals surface area contributed by atoms with E-state index in [9.17, 15) is 4.39 Å². The molecule has 2 aromatic carbocycles. The molecule has 0 saturated carbocycles. The Morgan fingerprint density at radius 3 is 2.38 bits per heavy atom. The molecule has 0 fully saturated rings. The number of aryl methyl sites for hydroxylation is 2. The Morgan fingerprint density at radius 2 is 1.86 bits per heavy atom. The Labute approximate surface area is 133 Å². The predicted octanol–water partition coefficient (Wildman–Crippen LogP) is 4.31. The molecule has 2 N–H and O–H groups in total. The summed E-state index contributed by atoms with van der Waals surface area (Å²) in [4.78, 5) is 0.172. The highest BCUT2D eigenvalue weighted by Crippen LogP contribution is 2.28. The normalized spacial score (nSPS) is 10.5. The average Bonchev–Trinajstić information content (AvgIpc) is 2.38. The molecule has 5 heteroatoms. The summed E-state index contributed by atoms with van der Waals surface area (Å²) in [5, 5.41) is 0.657. The Morgan fingerprint density at radius 1 is 1.24 bits per heavy atom. The van der Waals surface area contributed by atoms with E-state index in [2.05, 4.69) is 0 Å². The van der Waals surface area contributed by atoms with Gasteiger partial charge in [-0.2, -0.15) is 0 Å². The van der Waals surface area contributed by atoms with Gasteiger partial charge >= 0.3 is 0 Å². The lowest BCUT2D eigenvalue weighted by molar-refractivity contribution is 0.296. The van der Waals surface area contributed by atoms with Gasteiger partial charge in [-0.1, -0.05) is 36.0 Å². The first-order chi connectivity index (χ1) is 9.88. The minimum atomic E-state index is -0.385. The Bertz CT molecular complexity index is 680. The van der Waals surface area contributed by atoms with Crippen LogP contribution in [0.3, 0.4) is 0 Å². The fourth-order valence-corrected chi connectivity index (χ4v) is 2.55. The zero-order valence-electron chi connectivity index (χ0n) is 11.7. The molecule has 0 bridgehead atoms. The summed E-state index contributed by atoms with van der Waals surface area (Å²) in [6.45, 7) is 3.94. The first-order valence-corrected chi connectivity index (χ1v) is 7.15. The molecule has 2 aromatic rings. The number of nitrogens with two attached hydrogens (primary N) is 1. The SMILES string of the molecule is Cc1cc(Cl)cc(C)c1OCc1ccc(C(N)=S)cc1F. The van der Waals surface area contributed by atoms with Crippen LogP contribution in [0, 0.1) is 19.7 Å². The van der Waals surface area contributed by atoms with Crippen molar-refractivity contribution in [2.24, 2.45) is 5.73 Å². The van der Waals surface area contributed by atoms with Crippen LogP contribution in [0.25, 0.3) is 0 Å². The highest BCUT2D eigenvalue weighted by atomic mass is 35.5. The number of rotatable bonds is 4. The molecule has 0 aliphatic carbocycles. The van der Waals surface area contributed by atoms with Gasteiger partial charge in [0.25, 0.3) is 0 Å². The van der Waals surface area contributed by atoms with Crippen molar-refractivity contribution < 1.29 is 9.13 Å². The van der Waals surface area contributed by atoms with Crippen molar-refractivity contribution >= 4 is 28.8 Å². The summed E-state index contributed by atoms with van der Waals surface area (Å²) in [6.07, 6.45) is 0. The summed E-state index contributed by atoms with van der Waals surface area (Å²) in [5.74, 6) is 0.335. The van der Waals surface area contributed by atoms with E-state index in [1.807, 2.05) is 26.0 Å². The number of benzene rings is 2. The van der Waals surface area contributed by atoms with Gasteiger partial charge in [-0.3, -0.25) is 0 Å². The van der Waals surface area contributed by atoms with Gasteiger partial charge in [0.15, 0.2) is 0 Å². The zero-order valence-corrected chi connectivity index (χ0v) is 13.3. The fourth-order valence-electron chi connectivity index (χ4n) is 2.09. The fraction of sp³-hybridized carbons (Fsp3) is 0.188. The quantitative estimate of drug-likeness (QED) is 0.852. The lowest BCUT2D eigenvalue weighted by atomic mass is 10.1. The number of thiocarbonyl (C=S) groups is 1. The Balaban J connectivity index is 2.19. The first-order valence-electron chi connectivity index (χ1n) is 6.36. The molecule has 0 unspecified atom stereocenters. The third-order valence-electron chi connectivity index (χ3n) is 3.13. The van der Waals surface area contributed by atoms with Crippen molar-refractivity contribution in [1.82, 2.24) is 0 Å². The molecule has 0 saturated heterocycles. The maximum Gasteiger partial charge on any atom is 0.130 e. The van der Waals surface area contributed by atoms with E-state index in [0.717, 1.165) is 16.9 Å². The van der Waals surface area contributed by atoms with E-state index in [1.54, 1.807) is 12.1 Å². The van der Waals surface area contributed by atoms with Crippen LogP contribution in [-0.4, -0.2) is 4.99 Å². The summed E-state index contributed by atoms with van der Waals surface area (Å²) in [7, 11) is 0. The van der Waals surface area contributed by atoms with E-state index in [4.69, 9.17) is 34.3 Å². The number of ether oxygens (including phenoxy) is 1. The maximum atomic E-state index is 14.0. The zero-order chi connectivity index (χ0) is 15.6. The van der Waals surface area contributed by atoms with Crippen LogP contribution in [0.4, 0.5) is 4.39 Å². The average molecular weight is 324 g/mol. The van der Waals surface area contributed by atoms with Crippen LogP contribution in [0.5, 0.6) is 5.75 Å². The molecule has 110 valence electrons. The van der Waals surface area contributed by atoms with E-state index < -0.39 is 0 Å². The van der Waals surface area contributed by atoms with Gasteiger partial charge in [0.1, 0.15) is 23.2 Å². The van der Waals surface area contributed by atoms with Gasteiger partial charge < -0.3 is 10.5 Å². The largest absolute Gasteiger partial charge is 0.488 e. The summed E-state index contributed by atoms with van der Waals surface area (Å²) < 4.78 is 19.7. The second kappa shape index (κ2) is 6.41. The third kappa shape index (κ3) is 3.71. The molecule has 21 heavy (non-hydrogen) atoms. The van der Waals surface area contributed by atoms with Crippen LogP contribution >= 0.6 is 23.8 Å². The monoisotopic (exact) mass is 323 g/mol. The van der Waals surface area contributed by atoms with Crippen molar-refractivity contribution in [3.05, 3.63) is 63.4 Å².